The molecular weight excluding hydrogens is 470 g/mol. The molecule has 39 heavy (non-hydrogen) atoms. The van der Waals surface area contributed by atoms with Crippen LogP contribution in [0.2, 0.25) is 0 Å². The first kappa shape index (κ1) is 22.1. The summed E-state index contributed by atoms with van der Waals surface area (Å²) < 4.78 is 0. The molecule has 0 spiro atoms. The smallest absolute Gasteiger partial charge is 0.0503 e. The third-order valence-corrected chi connectivity index (χ3v) is 8.46. The van der Waals surface area contributed by atoms with Gasteiger partial charge in [-0.25, -0.2) is 0 Å². The van der Waals surface area contributed by atoms with E-state index in [-0.39, 0.29) is 11.8 Å². The Morgan fingerprint density at radius 1 is 0.436 bits per heavy atom. The van der Waals surface area contributed by atoms with Gasteiger partial charge in [-0.2, -0.15) is 0 Å². The van der Waals surface area contributed by atoms with Crippen LogP contribution in [-0.2, 0) is 0 Å². The van der Waals surface area contributed by atoms with Crippen LogP contribution < -0.4 is 4.90 Å². The van der Waals surface area contributed by atoms with Crippen LogP contribution in [0.3, 0.4) is 0 Å². The zero-order chi connectivity index (χ0) is 25.8. The first-order valence-corrected chi connectivity index (χ1v) is 13.7. The van der Waals surface area contributed by atoms with E-state index in [1.54, 1.807) is 0 Å². The van der Waals surface area contributed by atoms with E-state index in [2.05, 4.69) is 157 Å². The summed E-state index contributed by atoms with van der Waals surface area (Å²) in [5, 5.41) is 0. The summed E-state index contributed by atoms with van der Waals surface area (Å²) in [6, 6.07) is 48.5. The molecule has 0 bridgehead atoms. The summed E-state index contributed by atoms with van der Waals surface area (Å²) in [5.41, 5.74) is 14.5. The quantitative estimate of drug-likeness (QED) is 0.240. The van der Waals surface area contributed by atoms with Crippen molar-refractivity contribution in [2.45, 2.75) is 11.8 Å². The molecule has 0 saturated heterocycles. The third-order valence-electron chi connectivity index (χ3n) is 8.46. The third kappa shape index (κ3) is 3.40. The maximum absolute atomic E-state index is 2.48. The number of hydrogen-bond donors (Lipinski definition) is 0. The minimum Gasteiger partial charge on any atom is -0.310 e. The minimum atomic E-state index is 0.214. The van der Waals surface area contributed by atoms with Crippen molar-refractivity contribution in [1.29, 1.82) is 0 Å². The number of anilines is 2. The molecule has 3 aliphatic carbocycles. The van der Waals surface area contributed by atoms with Gasteiger partial charge in [0.05, 0.1) is 5.70 Å². The van der Waals surface area contributed by atoms with Crippen molar-refractivity contribution >= 4 is 23.0 Å². The highest BCUT2D eigenvalue weighted by atomic mass is 15.1. The normalized spacial score (nSPS) is 18.2. The molecule has 0 amide bonds. The van der Waals surface area contributed by atoms with Crippen LogP contribution in [0.25, 0.3) is 22.8 Å². The van der Waals surface area contributed by atoms with E-state index in [4.69, 9.17) is 0 Å². The Balaban J connectivity index is 1.47. The van der Waals surface area contributed by atoms with Gasteiger partial charge in [-0.05, 0) is 74.9 Å². The van der Waals surface area contributed by atoms with Crippen LogP contribution in [0.15, 0.2) is 157 Å². The van der Waals surface area contributed by atoms with Crippen molar-refractivity contribution < 1.29 is 0 Å². The van der Waals surface area contributed by atoms with Gasteiger partial charge in [0, 0.05) is 23.2 Å². The predicted molar refractivity (Wildman–Crippen MR) is 163 cm³/mol. The Labute approximate surface area is 229 Å². The second-order valence-electron chi connectivity index (χ2n) is 10.5. The fraction of sp³-hybridized carbons (Fsp3) is 0.0526. The van der Waals surface area contributed by atoms with E-state index in [0.717, 1.165) is 11.4 Å². The zero-order valence-corrected chi connectivity index (χ0v) is 21.5. The fourth-order valence-electron chi connectivity index (χ4n) is 6.85. The van der Waals surface area contributed by atoms with Gasteiger partial charge in [-0.3, -0.25) is 0 Å². The molecule has 8 rings (SSSR count). The van der Waals surface area contributed by atoms with Crippen molar-refractivity contribution in [2.24, 2.45) is 0 Å². The lowest BCUT2D eigenvalue weighted by Gasteiger charge is -2.44. The van der Waals surface area contributed by atoms with Crippen molar-refractivity contribution in [3.8, 4) is 11.1 Å². The maximum atomic E-state index is 2.48. The molecule has 2 unspecified atom stereocenters. The molecule has 0 saturated carbocycles. The Morgan fingerprint density at radius 3 is 1.72 bits per heavy atom. The van der Waals surface area contributed by atoms with Crippen LogP contribution in [0.4, 0.5) is 11.4 Å². The highest BCUT2D eigenvalue weighted by molar-refractivity contribution is 5.95. The molecule has 3 aliphatic rings. The molecule has 0 N–H and O–H groups in total. The number of para-hydroxylation sites is 2. The van der Waals surface area contributed by atoms with Crippen molar-refractivity contribution in [3.05, 3.63) is 179 Å². The Morgan fingerprint density at radius 2 is 1.00 bits per heavy atom. The lowest BCUT2D eigenvalue weighted by Crippen LogP contribution is -2.29. The summed E-state index contributed by atoms with van der Waals surface area (Å²) in [7, 11) is 0. The monoisotopic (exact) mass is 497 g/mol. The van der Waals surface area contributed by atoms with Crippen molar-refractivity contribution in [2.75, 3.05) is 4.90 Å². The highest BCUT2D eigenvalue weighted by Gasteiger charge is 2.42. The summed E-state index contributed by atoms with van der Waals surface area (Å²) in [6.45, 7) is 0. The standard InChI is InChI=1S/C38H27N/c1-3-14-27(15-4-1)39(28-16-5-2-6-17-28)36-25-35-32-21-10-9-19-30(32)31-20-11-12-22-33(31)38(35)37-29-18-8-7-13-26(29)23-24-34(36)37/h1-25,37-38H. The van der Waals surface area contributed by atoms with Crippen molar-refractivity contribution in [3.63, 3.8) is 0 Å². The van der Waals surface area contributed by atoms with E-state index in [1.165, 1.54) is 50.2 Å². The number of allylic oxidation sites excluding steroid dienone is 4. The molecule has 5 aromatic rings. The van der Waals surface area contributed by atoms with Gasteiger partial charge >= 0.3 is 0 Å². The molecular formula is C38H27N. The number of fused-ring (bicyclic) bond motifs is 10. The summed E-state index contributed by atoms with van der Waals surface area (Å²) >= 11 is 0. The first-order chi connectivity index (χ1) is 19.4. The highest BCUT2D eigenvalue weighted by Crippen LogP contribution is 2.59. The van der Waals surface area contributed by atoms with E-state index in [0.29, 0.717) is 0 Å². The minimum absolute atomic E-state index is 0.214. The van der Waals surface area contributed by atoms with Crippen molar-refractivity contribution in [1.82, 2.24) is 0 Å². The second-order valence-corrected chi connectivity index (χ2v) is 10.5. The molecule has 1 heteroatoms. The Kier molecular flexibility index (Phi) is 5.03. The number of benzene rings is 5. The first-order valence-electron chi connectivity index (χ1n) is 13.7. The van der Waals surface area contributed by atoms with E-state index in [9.17, 15) is 0 Å². The lowest BCUT2D eigenvalue weighted by molar-refractivity contribution is 0.703. The van der Waals surface area contributed by atoms with Crippen LogP contribution in [0.5, 0.6) is 0 Å². The van der Waals surface area contributed by atoms with Gasteiger partial charge in [0.15, 0.2) is 0 Å². The van der Waals surface area contributed by atoms with Gasteiger partial charge < -0.3 is 4.90 Å². The molecule has 0 aromatic heterocycles. The summed E-state index contributed by atoms with van der Waals surface area (Å²) in [4.78, 5) is 2.44. The molecule has 184 valence electrons. The molecule has 1 nitrogen and oxygen atoms in total. The van der Waals surface area contributed by atoms with E-state index in [1.807, 2.05) is 0 Å². The van der Waals surface area contributed by atoms with Gasteiger partial charge in [0.2, 0.25) is 0 Å². The largest absolute Gasteiger partial charge is 0.310 e. The van der Waals surface area contributed by atoms with Gasteiger partial charge in [-0.1, -0.05) is 121 Å². The maximum Gasteiger partial charge on any atom is 0.0503 e. The van der Waals surface area contributed by atoms with Crippen LogP contribution in [0, 0.1) is 0 Å². The average Bonchev–Trinajstić information content (AvgIpc) is 3.02. The predicted octanol–water partition coefficient (Wildman–Crippen LogP) is 9.75. The van der Waals surface area contributed by atoms with Gasteiger partial charge in [0.1, 0.15) is 0 Å². The summed E-state index contributed by atoms with van der Waals surface area (Å²) in [6.07, 6.45) is 7.15. The molecule has 5 aromatic carbocycles. The zero-order valence-electron chi connectivity index (χ0n) is 21.5. The molecule has 0 heterocycles. The number of hydrogen-bond acceptors (Lipinski definition) is 1. The SMILES string of the molecule is C1=Cc2ccccc2C2C1=C(N(c1ccccc1)c1ccccc1)C=C1c3ccccc3-c3ccccc3C12. The molecule has 0 radical (unpaired) electrons. The van der Waals surface area contributed by atoms with Crippen LogP contribution >= 0.6 is 0 Å². The van der Waals surface area contributed by atoms with Gasteiger partial charge in [0.25, 0.3) is 0 Å². The van der Waals surface area contributed by atoms with Crippen LogP contribution in [0.1, 0.15) is 34.1 Å². The number of nitrogens with zero attached hydrogens (tertiary/aromatic N) is 1. The Hall–Kier alpha value is -4.88. The fourth-order valence-corrected chi connectivity index (χ4v) is 6.85. The molecule has 0 fully saturated rings. The van der Waals surface area contributed by atoms with Gasteiger partial charge in [-0.15, -0.1) is 0 Å². The Bertz CT molecular complexity index is 1770. The number of rotatable bonds is 3. The van der Waals surface area contributed by atoms with Crippen LogP contribution in [-0.4, -0.2) is 0 Å². The second kappa shape index (κ2) is 8.85. The molecule has 0 aliphatic heterocycles. The summed E-state index contributed by atoms with van der Waals surface area (Å²) in [5.74, 6) is 0.458. The lowest BCUT2D eigenvalue weighted by atomic mass is 9.62. The van der Waals surface area contributed by atoms with E-state index >= 15 is 0 Å². The molecule has 2 atom stereocenters. The average molecular weight is 498 g/mol. The topological polar surface area (TPSA) is 3.24 Å². The van der Waals surface area contributed by atoms with E-state index < -0.39 is 0 Å².